The Balaban J connectivity index is 1.64. The van der Waals surface area contributed by atoms with Crippen molar-refractivity contribution in [2.45, 2.75) is 32.2 Å². The third kappa shape index (κ3) is 4.07. The minimum Gasteiger partial charge on any atom is -0.310 e. The van der Waals surface area contributed by atoms with Crippen LogP contribution in [0.2, 0.25) is 0 Å². The molecule has 1 atom stereocenters. The van der Waals surface area contributed by atoms with Crippen molar-refractivity contribution >= 4 is 0 Å². The molecule has 2 nitrogen and oxygen atoms in total. The van der Waals surface area contributed by atoms with Crippen molar-refractivity contribution in [1.29, 1.82) is 0 Å². The number of benzene rings is 1. The molecule has 1 aliphatic rings. The highest BCUT2D eigenvalue weighted by Crippen LogP contribution is 2.13. The molecule has 18 heavy (non-hydrogen) atoms. The van der Waals surface area contributed by atoms with Gasteiger partial charge in [-0.1, -0.05) is 12.1 Å². The number of hydrogen-bond acceptors (Lipinski definition) is 2. The molecule has 1 saturated heterocycles. The molecule has 0 bridgehead atoms. The van der Waals surface area contributed by atoms with E-state index in [1.807, 2.05) is 12.1 Å². The van der Waals surface area contributed by atoms with E-state index in [2.05, 4.69) is 17.1 Å². The first kappa shape index (κ1) is 13.5. The minimum atomic E-state index is -0.167. The fraction of sp³-hybridized carbons (Fsp3) is 0.600. The number of nitrogens with zero attached hydrogens (tertiary/aromatic N) is 1. The number of likely N-dealkylation sites (tertiary alicyclic amines) is 1. The van der Waals surface area contributed by atoms with Crippen LogP contribution in [0, 0.1) is 5.82 Å². The highest BCUT2D eigenvalue weighted by Gasteiger charge is 2.10. The Labute approximate surface area is 109 Å². The third-order valence-corrected chi connectivity index (χ3v) is 3.67. The van der Waals surface area contributed by atoms with Gasteiger partial charge in [0.25, 0.3) is 0 Å². The molecule has 0 aromatic heterocycles. The minimum absolute atomic E-state index is 0.167. The van der Waals surface area contributed by atoms with Gasteiger partial charge in [0.15, 0.2) is 0 Å². The van der Waals surface area contributed by atoms with E-state index in [4.69, 9.17) is 0 Å². The van der Waals surface area contributed by atoms with Gasteiger partial charge in [0.1, 0.15) is 5.82 Å². The predicted molar refractivity (Wildman–Crippen MR) is 73.1 cm³/mol. The summed E-state index contributed by atoms with van der Waals surface area (Å²) in [5.41, 5.74) is 1.15. The quantitative estimate of drug-likeness (QED) is 0.781. The Morgan fingerprint density at radius 3 is 2.56 bits per heavy atom. The molecule has 0 radical (unpaired) electrons. The van der Waals surface area contributed by atoms with Gasteiger partial charge in [0.05, 0.1) is 0 Å². The van der Waals surface area contributed by atoms with E-state index in [-0.39, 0.29) is 5.82 Å². The molecule has 0 spiro atoms. The molecule has 2 rings (SSSR count). The lowest BCUT2D eigenvalue weighted by molar-refractivity contribution is 0.328. The largest absolute Gasteiger partial charge is 0.310 e. The Kier molecular flexibility index (Phi) is 5.14. The van der Waals surface area contributed by atoms with Crippen LogP contribution in [-0.4, -0.2) is 31.1 Å². The van der Waals surface area contributed by atoms with E-state index in [0.29, 0.717) is 6.04 Å². The summed E-state index contributed by atoms with van der Waals surface area (Å²) in [6, 6.07) is 7.06. The van der Waals surface area contributed by atoms with Crippen molar-refractivity contribution in [3.8, 4) is 0 Å². The molecule has 1 fully saturated rings. The average molecular weight is 250 g/mol. The Morgan fingerprint density at radius 1 is 1.22 bits per heavy atom. The highest BCUT2D eigenvalue weighted by molar-refractivity contribution is 5.19. The lowest BCUT2D eigenvalue weighted by Gasteiger charge is -2.17. The predicted octanol–water partition coefficient (Wildman–Crippen LogP) is 2.96. The maximum atomic E-state index is 12.8. The van der Waals surface area contributed by atoms with Gasteiger partial charge >= 0.3 is 0 Å². The molecular formula is C15H23FN2. The van der Waals surface area contributed by atoms with E-state index < -0.39 is 0 Å². The van der Waals surface area contributed by atoms with E-state index in [9.17, 15) is 4.39 Å². The van der Waals surface area contributed by atoms with Crippen LogP contribution in [0.1, 0.15) is 37.8 Å². The monoisotopic (exact) mass is 250 g/mol. The zero-order valence-electron chi connectivity index (χ0n) is 11.2. The topological polar surface area (TPSA) is 15.3 Å². The Hall–Kier alpha value is -0.930. The van der Waals surface area contributed by atoms with Gasteiger partial charge in [-0.3, -0.25) is 0 Å². The molecule has 0 amide bonds. The second kappa shape index (κ2) is 6.86. The third-order valence-electron chi connectivity index (χ3n) is 3.67. The van der Waals surface area contributed by atoms with E-state index in [1.165, 1.54) is 51.0 Å². The van der Waals surface area contributed by atoms with Crippen LogP contribution in [0.25, 0.3) is 0 Å². The average Bonchev–Trinajstić information content (AvgIpc) is 2.88. The molecule has 1 N–H and O–H groups in total. The molecule has 100 valence electrons. The van der Waals surface area contributed by atoms with Crippen LogP contribution in [0.4, 0.5) is 4.39 Å². The van der Waals surface area contributed by atoms with Gasteiger partial charge in [-0.15, -0.1) is 0 Å². The van der Waals surface area contributed by atoms with Crippen molar-refractivity contribution in [2.24, 2.45) is 0 Å². The summed E-state index contributed by atoms with van der Waals surface area (Å²) in [6.07, 6.45) is 3.91. The fourth-order valence-corrected chi connectivity index (χ4v) is 2.50. The highest BCUT2D eigenvalue weighted by atomic mass is 19.1. The second-order valence-corrected chi connectivity index (χ2v) is 5.13. The van der Waals surface area contributed by atoms with Crippen molar-refractivity contribution in [3.05, 3.63) is 35.6 Å². The SMILES string of the molecule is CC(NCCCN1CCCC1)c1ccc(F)cc1. The summed E-state index contributed by atoms with van der Waals surface area (Å²) in [6.45, 7) is 6.89. The van der Waals surface area contributed by atoms with Gasteiger partial charge in [0, 0.05) is 6.04 Å². The van der Waals surface area contributed by atoms with Gasteiger partial charge in [0.2, 0.25) is 0 Å². The number of halogens is 1. The number of hydrogen-bond donors (Lipinski definition) is 1. The lowest BCUT2D eigenvalue weighted by atomic mass is 10.1. The first-order valence-corrected chi connectivity index (χ1v) is 6.97. The molecule has 1 aromatic rings. The summed E-state index contributed by atoms with van der Waals surface area (Å²) < 4.78 is 12.8. The molecule has 0 aliphatic carbocycles. The smallest absolute Gasteiger partial charge is 0.123 e. The van der Waals surface area contributed by atoms with E-state index >= 15 is 0 Å². The van der Waals surface area contributed by atoms with E-state index in [1.54, 1.807) is 0 Å². The molecule has 3 heteroatoms. The van der Waals surface area contributed by atoms with Crippen molar-refractivity contribution in [3.63, 3.8) is 0 Å². The maximum Gasteiger partial charge on any atom is 0.123 e. The van der Waals surface area contributed by atoms with Crippen LogP contribution < -0.4 is 5.32 Å². The molecule has 1 aliphatic heterocycles. The Morgan fingerprint density at radius 2 is 1.89 bits per heavy atom. The first-order chi connectivity index (χ1) is 8.75. The molecular weight excluding hydrogens is 227 g/mol. The van der Waals surface area contributed by atoms with Crippen molar-refractivity contribution in [2.75, 3.05) is 26.2 Å². The van der Waals surface area contributed by atoms with Crippen LogP contribution in [-0.2, 0) is 0 Å². The Bertz CT molecular complexity index is 344. The van der Waals surface area contributed by atoms with Crippen LogP contribution in [0.3, 0.4) is 0 Å². The van der Waals surface area contributed by atoms with Gasteiger partial charge in [-0.25, -0.2) is 4.39 Å². The van der Waals surface area contributed by atoms with Gasteiger partial charge < -0.3 is 10.2 Å². The van der Waals surface area contributed by atoms with Crippen molar-refractivity contribution in [1.82, 2.24) is 10.2 Å². The number of rotatable bonds is 6. The molecule has 1 heterocycles. The summed E-state index contributed by atoms with van der Waals surface area (Å²) in [5.74, 6) is -0.167. The zero-order valence-corrected chi connectivity index (χ0v) is 11.2. The van der Waals surface area contributed by atoms with Gasteiger partial charge in [-0.05, 0) is 70.1 Å². The van der Waals surface area contributed by atoms with E-state index in [0.717, 1.165) is 12.1 Å². The van der Waals surface area contributed by atoms with Gasteiger partial charge in [-0.2, -0.15) is 0 Å². The molecule has 1 unspecified atom stereocenters. The van der Waals surface area contributed by atoms with Crippen LogP contribution in [0.15, 0.2) is 24.3 Å². The second-order valence-electron chi connectivity index (χ2n) is 5.13. The van der Waals surface area contributed by atoms with Crippen molar-refractivity contribution < 1.29 is 4.39 Å². The lowest BCUT2D eigenvalue weighted by Crippen LogP contribution is -2.26. The fourth-order valence-electron chi connectivity index (χ4n) is 2.50. The maximum absolute atomic E-state index is 12.8. The number of nitrogens with one attached hydrogen (secondary N) is 1. The summed E-state index contributed by atoms with van der Waals surface area (Å²) in [7, 11) is 0. The van der Waals surface area contributed by atoms with Crippen LogP contribution in [0.5, 0.6) is 0 Å². The molecule has 1 aromatic carbocycles. The molecule has 0 saturated carbocycles. The standard InChI is InChI=1S/C15H23FN2/c1-13(14-5-7-15(16)8-6-14)17-9-4-12-18-10-2-3-11-18/h5-8,13,17H,2-4,9-12H2,1H3. The first-order valence-electron chi connectivity index (χ1n) is 6.97. The normalized spacial score (nSPS) is 18.1. The van der Waals surface area contributed by atoms with Crippen LogP contribution >= 0.6 is 0 Å². The zero-order chi connectivity index (χ0) is 12.8. The summed E-state index contributed by atoms with van der Waals surface area (Å²) in [4.78, 5) is 2.53. The summed E-state index contributed by atoms with van der Waals surface area (Å²) in [5, 5.41) is 3.49. The summed E-state index contributed by atoms with van der Waals surface area (Å²) >= 11 is 0.